The van der Waals surface area contributed by atoms with E-state index in [1.165, 1.54) is 11.3 Å². The number of carbonyl (C=O) groups is 1. The third-order valence-electron chi connectivity index (χ3n) is 4.36. The van der Waals surface area contributed by atoms with Crippen molar-refractivity contribution < 1.29 is 4.79 Å². The minimum atomic E-state index is -0.0228. The van der Waals surface area contributed by atoms with Gasteiger partial charge in [-0.05, 0) is 49.2 Å². The lowest BCUT2D eigenvalue weighted by atomic mass is 10.2. The molecule has 1 aliphatic heterocycles. The molecule has 5 heteroatoms. The zero-order valence-electron chi connectivity index (χ0n) is 14.1. The van der Waals surface area contributed by atoms with Crippen molar-refractivity contribution in [3.8, 4) is 0 Å². The van der Waals surface area contributed by atoms with Gasteiger partial charge in [-0.15, -0.1) is 0 Å². The van der Waals surface area contributed by atoms with Crippen molar-refractivity contribution in [1.29, 1.82) is 0 Å². The molecule has 1 N–H and O–H groups in total. The third-order valence-corrected chi connectivity index (χ3v) is 5.21. The van der Waals surface area contributed by atoms with Gasteiger partial charge in [0.15, 0.2) is 0 Å². The number of rotatable bonds is 2. The van der Waals surface area contributed by atoms with Gasteiger partial charge in [-0.2, -0.15) is 0 Å². The van der Waals surface area contributed by atoms with Gasteiger partial charge in [-0.25, -0.2) is 4.79 Å². The molecule has 2 aromatic carbocycles. The number of benzene rings is 2. The van der Waals surface area contributed by atoms with Crippen LogP contribution in [-0.2, 0) is 0 Å². The summed E-state index contributed by atoms with van der Waals surface area (Å²) in [6.07, 6.45) is 0. The fourth-order valence-corrected chi connectivity index (χ4v) is 3.24. The fourth-order valence-electron chi connectivity index (χ4n) is 2.87. The van der Waals surface area contributed by atoms with E-state index in [1.807, 2.05) is 36.1 Å². The Kier molecular flexibility index (Phi) is 5.09. The molecule has 24 heavy (non-hydrogen) atoms. The lowest BCUT2D eigenvalue weighted by Crippen LogP contribution is -2.50. The van der Waals surface area contributed by atoms with Gasteiger partial charge in [0.05, 0.1) is 0 Å². The summed E-state index contributed by atoms with van der Waals surface area (Å²) in [5, 5.41) is 2.98. The summed E-state index contributed by atoms with van der Waals surface area (Å²) in [4.78, 5) is 16.6. The second kappa shape index (κ2) is 7.26. The third kappa shape index (κ3) is 3.90. The number of hydrogen-bond acceptors (Lipinski definition) is 2. The van der Waals surface area contributed by atoms with Crippen molar-refractivity contribution in [3.63, 3.8) is 0 Å². The maximum absolute atomic E-state index is 12.4. The molecule has 0 bridgehead atoms. The van der Waals surface area contributed by atoms with Crippen LogP contribution in [0.25, 0.3) is 0 Å². The zero-order chi connectivity index (χ0) is 17.1. The highest BCUT2D eigenvalue weighted by Gasteiger charge is 2.21. The van der Waals surface area contributed by atoms with Crippen LogP contribution in [0.15, 0.2) is 46.9 Å². The highest BCUT2D eigenvalue weighted by atomic mass is 79.9. The molecule has 1 saturated heterocycles. The number of piperazine rings is 1. The Hall–Kier alpha value is -2.01. The molecule has 1 fully saturated rings. The molecule has 0 aromatic heterocycles. The second-order valence-corrected chi connectivity index (χ2v) is 7.06. The Morgan fingerprint density at radius 2 is 1.79 bits per heavy atom. The number of amides is 2. The number of hydrogen-bond donors (Lipinski definition) is 1. The SMILES string of the molecule is Cc1cccc(NC(=O)N2CCN(c3ccc(C)c(Br)c3)CC2)c1. The van der Waals surface area contributed by atoms with Crippen LogP contribution in [-0.4, -0.2) is 37.1 Å². The molecule has 0 unspecified atom stereocenters. The zero-order valence-corrected chi connectivity index (χ0v) is 15.6. The standard InChI is InChI=1S/C19H22BrN3O/c1-14-4-3-5-16(12-14)21-19(24)23-10-8-22(9-11-23)17-7-6-15(2)18(20)13-17/h3-7,12-13H,8-11H2,1-2H3,(H,21,24). The van der Waals surface area contributed by atoms with Crippen molar-refractivity contribution in [2.24, 2.45) is 0 Å². The molecule has 0 atom stereocenters. The van der Waals surface area contributed by atoms with Crippen LogP contribution in [0, 0.1) is 13.8 Å². The summed E-state index contributed by atoms with van der Waals surface area (Å²) in [5.41, 5.74) is 4.42. The Bertz CT molecular complexity index is 739. The predicted octanol–water partition coefficient (Wildman–Crippen LogP) is 4.42. The molecule has 0 radical (unpaired) electrons. The lowest BCUT2D eigenvalue weighted by molar-refractivity contribution is 0.208. The van der Waals surface area contributed by atoms with Gasteiger partial charge in [0, 0.05) is 42.0 Å². The van der Waals surface area contributed by atoms with Crippen LogP contribution in [0.1, 0.15) is 11.1 Å². The number of carbonyl (C=O) groups excluding carboxylic acids is 1. The number of urea groups is 1. The largest absolute Gasteiger partial charge is 0.368 e. The minimum absolute atomic E-state index is 0.0228. The van der Waals surface area contributed by atoms with Gasteiger partial charge < -0.3 is 15.1 Å². The van der Waals surface area contributed by atoms with Crippen LogP contribution >= 0.6 is 15.9 Å². The van der Waals surface area contributed by atoms with E-state index in [2.05, 4.69) is 51.3 Å². The Balaban J connectivity index is 1.58. The topological polar surface area (TPSA) is 35.6 Å². The maximum Gasteiger partial charge on any atom is 0.321 e. The number of aryl methyl sites for hydroxylation is 2. The van der Waals surface area contributed by atoms with Crippen LogP contribution in [0.2, 0.25) is 0 Å². The molecular weight excluding hydrogens is 366 g/mol. The molecule has 2 amide bonds. The lowest BCUT2D eigenvalue weighted by Gasteiger charge is -2.36. The molecule has 4 nitrogen and oxygen atoms in total. The summed E-state index contributed by atoms with van der Waals surface area (Å²) in [7, 11) is 0. The van der Waals surface area contributed by atoms with Gasteiger partial charge in [0.2, 0.25) is 0 Å². The van der Waals surface area contributed by atoms with Gasteiger partial charge in [0.1, 0.15) is 0 Å². The molecular formula is C19H22BrN3O. The van der Waals surface area contributed by atoms with E-state index in [1.54, 1.807) is 0 Å². The van der Waals surface area contributed by atoms with Crippen molar-refractivity contribution in [2.75, 3.05) is 36.4 Å². The van der Waals surface area contributed by atoms with E-state index >= 15 is 0 Å². The van der Waals surface area contributed by atoms with Gasteiger partial charge >= 0.3 is 6.03 Å². The first-order valence-electron chi connectivity index (χ1n) is 8.16. The molecule has 0 saturated carbocycles. The Labute approximate surface area is 151 Å². The summed E-state index contributed by atoms with van der Waals surface area (Å²) >= 11 is 3.59. The molecule has 0 spiro atoms. The summed E-state index contributed by atoms with van der Waals surface area (Å²) in [6, 6.07) is 14.3. The van der Waals surface area contributed by atoms with Crippen molar-refractivity contribution >= 4 is 33.3 Å². The molecule has 1 heterocycles. The first kappa shape index (κ1) is 16.8. The van der Waals surface area contributed by atoms with Gasteiger partial charge in [-0.1, -0.05) is 34.1 Å². The van der Waals surface area contributed by atoms with Crippen molar-refractivity contribution in [3.05, 3.63) is 58.1 Å². The molecule has 0 aliphatic carbocycles. The molecule has 1 aliphatic rings. The normalized spacial score (nSPS) is 14.6. The second-order valence-electron chi connectivity index (χ2n) is 6.21. The maximum atomic E-state index is 12.4. The first-order chi connectivity index (χ1) is 11.5. The number of anilines is 2. The van der Waals surface area contributed by atoms with Crippen LogP contribution < -0.4 is 10.2 Å². The summed E-state index contributed by atoms with van der Waals surface area (Å²) in [5.74, 6) is 0. The van der Waals surface area contributed by atoms with E-state index in [9.17, 15) is 4.79 Å². The predicted molar refractivity (Wildman–Crippen MR) is 103 cm³/mol. The monoisotopic (exact) mass is 387 g/mol. The number of halogens is 1. The van der Waals surface area contributed by atoms with Crippen molar-refractivity contribution in [2.45, 2.75) is 13.8 Å². The molecule has 3 rings (SSSR count). The van der Waals surface area contributed by atoms with E-state index in [4.69, 9.17) is 0 Å². The minimum Gasteiger partial charge on any atom is -0.368 e. The van der Waals surface area contributed by atoms with Crippen molar-refractivity contribution in [1.82, 2.24) is 4.90 Å². The average molecular weight is 388 g/mol. The van der Waals surface area contributed by atoms with Gasteiger partial charge in [0.25, 0.3) is 0 Å². The molecule has 2 aromatic rings. The van der Waals surface area contributed by atoms with Crippen LogP contribution in [0.3, 0.4) is 0 Å². The van der Waals surface area contributed by atoms with E-state index < -0.39 is 0 Å². The quantitative estimate of drug-likeness (QED) is 0.827. The van der Waals surface area contributed by atoms with E-state index in [0.717, 1.165) is 41.9 Å². The first-order valence-corrected chi connectivity index (χ1v) is 8.96. The molecule has 126 valence electrons. The summed E-state index contributed by atoms with van der Waals surface area (Å²) < 4.78 is 1.12. The van der Waals surface area contributed by atoms with Crippen LogP contribution in [0.5, 0.6) is 0 Å². The Morgan fingerprint density at radius 3 is 2.46 bits per heavy atom. The van der Waals surface area contributed by atoms with Gasteiger partial charge in [-0.3, -0.25) is 0 Å². The average Bonchev–Trinajstić information content (AvgIpc) is 2.57. The Morgan fingerprint density at radius 1 is 1.04 bits per heavy atom. The van der Waals surface area contributed by atoms with E-state index in [-0.39, 0.29) is 6.03 Å². The fraction of sp³-hybridized carbons (Fsp3) is 0.316. The number of nitrogens with zero attached hydrogens (tertiary/aromatic N) is 2. The smallest absolute Gasteiger partial charge is 0.321 e. The highest BCUT2D eigenvalue weighted by molar-refractivity contribution is 9.10. The number of nitrogens with one attached hydrogen (secondary N) is 1. The highest BCUT2D eigenvalue weighted by Crippen LogP contribution is 2.24. The van der Waals surface area contributed by atoms with Crippen LogP contribution in [0.4, 0.5) is 16.2 Å². The van der Waals surface area contributed by atoms with E-state index in [0.29, 0.717) is 0 Å². The summed E-state index contributed by atoms with van der Waals surface area (Å²) in [6.45, 7) is 7.25.